The lowest BCUT2D eigenvalue weighted by Gasteiger charge is -2.18. The van der Waals surface area contributed by atoms with Crippen LogP contribution in [0.25, 0.3) is 0 Å². The van der Waals surface area contributed by atoms with Gasteiger partial charge in [0.15, 0.2) is 0 Å². The van der Waals surface area contributed by atoms with Gasteiger partial charge < -0.3 is 16.2 Å². The fourth-order valence-corrected chi connectivity index (χ4v) is 1.99. The molecule has 0 aromatic rings. The Morgan fingerprint density at radius 3 is 1.60 bits per heavy atom. The molecule has 84 valence electrons. The number of nitrogens with two attached hydrogens (primary N) is 2. The van der Waals surface area contributed by atoms with E-state index in [1.165, 1.54) is 0 Å². The molecule has 4 unspecified atom stereocenters. The summed E-state index contributed by atoms with van der Waals surface area (Å²) in [5.74, 6) is -2.23. The highest BCUT2D eigenvalue weighted by Crippen LogP contribution is 2.38. The van der Waals surface area contributed by atoms with Crippen molar-refractivity contribution in [3.8, 4) is 0 Å². The van der Waals surface area contributed by atoms with Crippen molar-refractivity contribution >= 4 is 11.8 Å². The average molecular weight is 212 g/mol. The summed E-state index contributed by atoms with van der Waals surface area (Å²) in [5, 5.41) is 0. The second kappa shape index (κ2) is 4.44. The Balaban J connectivity index is 0.000000531. The summed E-state index contributed by atoms with van der Waals surface area (Å²) < 4.78 is 5.31. The van der Waals surface area contributed by atoms with Crippen LogP contribution in [-0.4, -0.2) is 24.0 Å². The van der Waals surface area contributed by atoms with Crippen molar-refractivity contribution in [2.45, 2.75) is 26.1 Å². The zero-order valence-electron chi connectivity index (χ0n) is 8.84. The van der Waals surface area contributed by atoms with E-state index in [9.17, 15) is 9.59 Å². The van der Waals surface area contributed by atoms with Gasteiger partial charge in [-0.05, 0) is 0 Å². The van der Waals surface area contributed by atoms with Crippen LogP contribution in [-0.2, 0) is 14.3 Å². The Morgan fingerprint density at radius 1 is 1.00 bits per heavy atom. The molecule has 5 nitrogen and oxygen atoms in total. The minimum absolute atomic E-state index is 0.361. The predicted molar refractivity (Wildman–Crippen MR) is 54.5 cm³/mol. The number of carbonyl (C=O) groups is 2. The molecule has 2 aliphatic heterocycles. The molecule has 4 N–H and O–H groups in total. The van der Waals surface area contributed by atoms with Gasteiger partial charge in [0, 0.05) is 0 Å². The van der Waals surface area contributed by atoms with Gasteiger partial charge in [-0.2, -0.15) is 0 Å². The second-order valence-corrected chi connectivity index (χ2v) is 3.31. The molecule has 0 saturated carbocycles. The van der Waals surface area contributed by atoms with Crippen LogP contribution >= 0.6 is 0 Å². The Hall–Kier alpha value is -1.36. The molecule has 0 radical (unpaired) electrons. The van der Waals surface area contributed by atoms with Crippen LogP contribution in [0, 0.1) is 11.8 Å². The van der Waals surface area contributed by atoms with Crippen molar-refractivity contribution in [3.63, 3.8) is 0 Å². The minimum Gasteiger partial charge on any atom is -0.369 e. The zero-order chi connectivity index (χ0) is 11.6. The van der Waals surface area contributed by atoms with E-state index in [1.54, 1.807) is 12.2 Å². The summed E-state index contributed by atoms with van der Waals surface area (Å²) >= 11 is 0. The molecule has 0 spiro atoms. The molecule has 2 aliphatic rings. The molecule has 2 rings (SSSR count). The largest absolute Gasteiger partial charge is 0.369 e. The van der Waals surface area contributed by atoms with E-state index in [2.05, 4.69) is 0 Å². The maximum Gasteiger partial charge on any atom is 0.224 e. The van der Waals surface area contributed by atoms with E-state index in [0.29, 0.717) is 0 Å². The molecule has 1 fully saturated rings. The van der Waals surface area contributed by atoms with E-state index in [1.807, 2.05) is 13.8 Å². The number of hydrogen-bond acceptors (Lipinski definition) is 3. The molecule has 15 heavy (non-hydrogen) atoms. The van der Waals surface area contributed by atoms with Crippen molar-refractivity contribution in [1.82, 2.24) is 0 Å². The maximum absolute atomic E-state index is 11.0. The van der Waals surface area contributed by atoms with E-state index >= 15 is 0 Å². The first-order chi connectivity index (χ1) is 7.11. The smallest absolute Gasteiger partial charge is 0.224 e. The molecule has 5 heteroatoms. The van der Waals surface area contributed by atoms with Crippen LogP contribution in [0.3, 0.4) is 0 Å². The number of ether oxygens (including phenoxy) is 1. The zero-order valence-corrected chi connectivity index (χ0v) is 8.84. The van der Waals surface area contributed by atoms with Gasteiger partial charge in [-0.3, -0.25) is 9.59 Å². The Bertz CT molecular complexity index is 273. The summed E-state index contributed by atoms with van der Waals surface area (Å²) in [6.07, 6.45) is 2.78. The number of fused-ring (bicyclic) bond motifs is 2. The Morgan fingerprint density at radius 2 is 1.33 bits per heavy atom. The maximum atomic E-state index is 11.0. The van der Waals surface area contributed by atoms with Crippen molar-refractivity contribution in [1.29, 1.82) is 0 Å². The van der Waals surface area contributed by atoms with E-state index in [4.69, 9.17) is 16.2 Å². The fraction of sp³-hybridized carbons (Fsp3) is 0.600. The molecule has 2 heterocycles. The van der Waals surface area contributed by atoms with Crippen LogP contribution in [0.15, 0.2) is 12.2 Å². The third-order valence-corrected chi connectivity index (χ3v) is 2.56. The first kappa shape index (κ1) is 11.7. The van der Waals surface area contributed by atoms with Crippen LogP contribution in [0.2, 0.25) is 0 Å². The number of hydrogen-bond donors (Lipinski definition) is 2. The van der Waals surface area contributed by atoms with Gasteiger partial charge in [0.05, 0.1) is 24.0 Å². The number of carbonyl (C=O) groups excluding carboxylic acids is 2. The van der Waals surface area contributed by atoms with Gasteiger partial charge in [-0.1, -0.05) is 26.0 Å². The van der Waals surface area contributed by atoms with Crippen molar-refractivity contribution < 1.29 is 14.3 Å². The highest BCUT2D eigenvalue weighted by atomic mass is 16.5. The lowest BCUT2D eigenvalue weighted by molar-refractivity contribution is -0.130. The molecule has 0 aliphatic carbocycles. The predicted octanol–water partition coefficient (Wildman–Crippen LogP) is -0.447. The standard InChI is InChI=1S/C8H10N2O3.C2H6/c9-7(11)5-3-1-2-4(13-3)6(5)8(10)12;1-2/h1-6H,(H2,9,11)(H2,10,12);1-2H3. The highest BCUT2D eigenvalue weighted by Gasteiger charge is 2.51. The van der Waals surface area contributed by atoms with Gasteiger partial charge in [-0.15, -0.1) is 0 Å². The third kappa shape index (κ3) is 1.87. The van der Waals surface area contributed by atoms with Crippen molar-refractivity contribution in [2.75, 3.05) is 0 Å². The molecule has 4 atom stereocenters. The highest BCUT2D eigenvalue weighted by molar-refractivity contribution is 5.88. The van der Waals surface area contributed by atoms with E-state index in [-0.39, 0.29) is 12.2 Å². The van der Waals surface area contributed by atoms with Gasteiger partial charge in [0.1, 0.15) is 0 Å². The average Bonchev–Trinajstić information content (AvgIpc) is 2.79. The van der Waals surface area contributed by atoms with Gasteiger partial charge in [-0.25, -0.2) is 0 Å². The van der Waals surface area contributed by atoms with E-state index in [0.717, 1.165) is 0 Å². The minimum atomic E-state index is -0.590. The first-order valence-electron chi connectivity index (χ1n) is 5.03. The summed E-state index contributed by atoms with van der Waals surface area (Å²) in [6, 6.07) is 0. The van der Waals surface area contributed by atoms with Crippen molar-refractivity contribution in [2.24, 2.45) is 23.3 Å². The molecule has 1 saturated heterocycles. The normalized spacial score (nSPS) is 35.9. The molecular weight excluding hydrogens is 196 g/mol. The Kier molecular flexibility index (Phi) is 3.47. The molecular formula is C10H16N2O3. The lowest BCUT2D eigenvalue weighted by atomic mass is 9.82. The fourth-order valence-electron chi connectivity index (χ4n) is 1.99. The topological polar surface area (TPSA) is 95.4 Å². The number of rotatable bonds is 2. The van der Waals surface area contributed by atoms with E-state index < -0.39 is 23.7 Å². The molecule has 0 aromatic heterocycles. The van der Waals surface area contributed by atoms with Gasteiger partial charge in [0.25, 0.3) is 0 Å². The second-order valence-electron chi connectivity index (χ2n) is 3.31. The van der Waals surface area contributed by atoms with Gasteiger partial charge in [0.2, 0.25) is 11.8 Å². The quantitative estimate of drug-likeness (QED) is 0.607. The number of primary amides is 2. The molecule has 2 amide bonds. The first-order valence-corrected chi connectivity index (χ1v) is 5.03. The monoisotopic (exact) mass is 212 g/mol. The van der Waals surface area contributed by atoms with Crippen LogP contribution in [0.5, 0.6) is 0 Å². The van der Waals surface area contributed by atoms with Crippen LogP contribution in [0.1, 0.15) is 13.8 Å². The number of amides is 2. The van der Waals surface area contributed by atoms with Crippen molar-refractivity contribution in [3.05, 3.63) is 12.2 Å². The molecule has 2 bridgehead atoms. The third-order valence-electron chi connectivity index (χ3n) is 2.56. The lowest BCUT2D eigenvalue weighted by Crippen LogP contribution is -2.42. The SMILES string of the molecule is CC.NC(=O)C1C2C=CC(O2)C1C(N)=O. The summed E-state index contributed by atoms with van der Waals surface area (Å²) in [6.45, 7) is 4.00. The summed E-state index contributed by atoms with van der Waals surface area (Å²) in [7, 11) is 0. The van der Waals surface area contributed by atoms with Crippen LogP contribution < -0.4 is 11.5 Å². The Labute approximate surface area is 88.4 Å². The van der Waals surface area contributed by atoms with Crippen LogP contribution in [0.4, 0.5) is 0 Å². The molecule has 0 aromatic carbocycles. The van der Waals surface area contributed by atoms with Gasteiger partial charge >= 0.3 is 0 Å². The summed E-state index contributed by atoms with van der Waals surface area (Å²) in [4.78, 5) is 22.0. The summed E-state index contributed by atoms with van der Waals surface area (Å²) in [5.41, 5.74) is 10.3.